The van der Waals surface area contributed by atoms with Crippen LogP contribution in [0.15, 0.2) is 24.3 Å². The van der Waals surface area contributed by atoms with Crippen LogP contribution in [0.3, 0.4) is 0 Å². The van der Waals surface area contributed by atoms with Gasteiger partial charge in [0, 0.05) is 31.7 Å². The molecule has 6 nitrogen and oxygen atoms in total. The van der Waals surface area contributed by atoms with E-state index in [4.69, 9.17) is 21.7 Å². The fourth-order valence-electron chi connectivity index (χ4n) is 2.55. The van der Waals surface area contributed by atoms with E-state index in [1.165, 1.54) is 0 Å². The summed E-state index contributed by atoms with van der Waals surface area (Å²) in [5.41, 5.74) is 1.02. The Balaban J connectivity index is 1.76. The summed E-state index contributed by atoms with van der Waals surface area (Å²) >= 11 is 5.37. The number of nitrogens with zero attached hydrogens (tertiary/aromatic N) is 3. The van der Waals surface area contributed by atoms with Crippen LogP contribution in [0.5, 0.6) is 5.75 Å². The van der Waals surface area contributed by atoms with E-state index >= 15 is 0 Å². The molecule has 0 spiro atoms. The lowest BCUT2D eigenvalue weighted by molar-refractivity contribution is 0.0364. The number of ether oxygens (including phenoxy) is 2. The first kappa shape index (κ1) is 15.2. The molecule has 1 aliphatic heterocycles. The zero-order valence-electron chi connectivity index (χ0n) is 12.6. The van der Waals surface area contributed by atoms with Crippen molar-refractivity contribution < 1.29 is 9.47 Å². The Morgan fingerprint density at radius 3 is 2.64 bits per heavy atom. The summed E-state index contributed by atoms with van der Waals surface area (Å²) in [6, 6.07) is 7.85. The van der Waals surface area contributed by atoms with Crippen LogP contribution in [0, 0.1) is 4.77 Å². The van der Waals surface area contributed by atoms with Crippen molar-refractivity contribution >= 4 is 12.2 Å². The van der Waals surface area contributed by atoms with Gasteiger partial charge in [-0.2, -0.15) is 5.10 Å². The van der Waals surface area contributed by atoms with Crippen molar-refractivity contribution in [3.8, 4) is 17.1 Å². The number of H-pyrrole nitrogens is 1. The molecule has 0 atom stereocenters. The maximum absolute atomic E-state index is 5.38. The van der Waals surface area contributed by atoms with Gasteiger partial charge in [0.25, 0.3) is 0 Å². The minimum atomic E-state index is 0.652. The summed E-state index contributed by atoms with van der Waals surface area (Å²) < 4.78 is 13.3. The molecule has 22 heavy (non-hydrogen) atoms. The lowest BCUT2D eigenvalue weighted by atomic mass is 10.2. The molecule has 7 heteroatoms. The Kier molecular flexibility index (Phi) is 4.87. The summed E-state index contributed by atoms with van der Waals surface area (Å²) in [5.74, 6) is 1.69. The second-order valence-corrected chi connectivity index (χ2v) is 5.57. The van der Waals surface area contributed by atoms with E-state index in [9.17, 15) is 0 Å². The molecule has 2 aromatic rings. The molecule has 1 aromatic carbocycles. The van der Waals surface area contributed by atoms with Crippen LogP contribution in [0.1, 0.15) is 0 Å². The molecule has 1 fully saturated rings. The van der Waals surface area contributed by atoms with Gasteiger partial charge in [-0.25, -0.2) is 0 Å². The van der Waals surface area contributed by atoms with Gasteiger partial charge in [0.05, 0.1) is 20.3 Å². The zero-order valence-corrected chi connectivity index (χ0v) is 13.4. The number of aromatic amines is 1. The minimum Gasteiger partial charge on any atom is -0.497 e. The van der Waals surface area contributed by atoms with E-state index in [2.05, 4.69) is 15.1 Å². The van der Waals surface area contributed by atoms with Gasteiger partial charge in [0.15, 0.2) is 10.6 Å². The van der Waals surface area contributed by atoms with Gasteiger partial charge in [0.1, 0.15) is 5.75 Å². The second kappa shape index (κ2) is 7.04. The minimum absolute atomic E-state index is 0.652. The molecule has 118 valence electrons. The van der Waals surface area contributed by atoms with Gasteiger partial charge in [-0.3, -0.25) is 14.6 Å². The summed E-state index contributed by atoms with van der Waals surface area (Å²) in [6.07, 6.45) is 0. The Morgan fingerprint density at radius 2 is 1.95 bits per heavy atom. The number of hydrogen-bond donors (Lipinski definition) is 1. The van der Waals surface area contributed by atoms with Crippen LogP contribution in [0.25, 0.3) is 11.4 Å². The van der Waals surface area contributed by atoms with Crippen molar-refractivity contribution in [1.82, 2.24) is 19.7 Å². The second-order valence-electron chi connectivity index (χ2n) is 5.19. The lowest BCUT2D eigenvalue weighted by Gasteiger charge is -2.26. The summed E-state index contributed by atoms with van der Waals surface area (Å²) in [6.45, 7) is 5.33. The fourth-order valence-corrected chi connectivity index (χ4v) is 2.78. The predicted molar refractivity (Wildman–Crippen MR) is 86.7 cm³/mol. The van der Waals surface area contributed by atoms with Crippen LogP contribution in [0.2, 0.25) is 0 Å². The Bertz CT molecular complexity index is 659. The first-order valence-electron chi connectivity index (χ1n) is 7.37. The topological polar surface area (TPSA) is 55.3 Å². The molecule has 1 aliphatic rings. The quantitative estimate of drug-likeness (QED) is 0.854. The summed E-state index contributed by atoms with van der Waals surface area (Å²) in [4.78, 5) is 2.38. The monoisotopic (exact) mass is 320 g/mol. The standard InChI is InChI=1S/C15H20N4O2S/c1-20-13-4-2-12(3-5-13)14-16-17-15(22)19(14)7-6-18-8-10-21-11-9-18/h2-5H,6-11H2,1H3,(H,17,22). The van der Waals surface area contributed by atoms with Crippen molar-refractivity contribution in [3.05, 3.63) is 29.0 Å². The highest BCUT2D eigenvalue weighted by Gasteiger charge is 2.13. The van der Waals surface area contributed by atoms with Gasteiger partial charge in [-0.1, -0.05) is 0 Å². The molecular formula is C15H20N4O2S. The third-order valence-corrected chi connectivity index (χ3v) is 4.16. The molecule has 0 aliphatic carbocycles. The Hall–Kier alpha value is -1.70. The number of morpholine rings is 1. The third kappa shape index (κ3) is 3.37. The van der Waals surface area contributed by atoms with Gasteiger partial charge >= 0.3 is 0 Å². The molecule has 1 saturated heterocycles. The summed E-state index contributed by atoms with van der Waals surface area (Å²) in [7, 11) is 1.66. The number of aromatic nitrogens is 3. The molecule has 0 bridgehead atoms. The van der Waals surface area contributed by atoms with Crippen molar-refractivity contribution in [3.63, 3.8) is 0 Å². The van der Waals surface area contributed by atoms with E-state index < -0.39 is 0 Å². The Morgan fingerprint density at radius 1 is 1.23 bits per heavy atom. The van der Waals surface area contributed by atoms with Gasteiger partial charge < -0.3 is 9.47 Å². The molecular weight excluding hydrogens is 300 g/mol. The third-order valence-electron chi connectivity index (χ3n) is 3.85. The van der Waals surface area contributed by atoms with Crippen molar-refractivity contribution in [2.45, 2.75) is 6.54 Å². The first-order chi connectivity index (χ1) is 10.8. The van der Waals surface area contributed by atoms with Gasteiger partial charge in [-0.15, -0.1) is 0 Å². The lowest BCUT2D eigenvalue weighted by Crippen LogP contribution is -2.38. The van der Waals surface area contributed by atoms with Gasteiger partial charge in [0.2, 0.25) is 0 Å². The van der Waals surface area contributed by atoms with E-state index in [0.717, 1.165) is 56.5 Å². The largest absolute Gasteiger partial charge is 0.497 e. The molecule has 1 N–H and O–H groups in total. The maximum Gasteiger partial charge on any atom is 0.195 e. The van der Waals surface area contributed by atoms with Gasteiger partial charge in [-0.05, 0) is 36.5 Å². The summed E-state index contributed by atoms with van der Waals surface area (Å²) in [5, 5.41) is 7.26. The molecule has 2 heterocycles. The predicted octanol–water partition coefficient (Wildman–Crippen LogP) is 1.95. The van der Waals surface area contributed by atoms with Crippen LogP contribution in [-0.2, 0) is 11.3 Å². The van der Waals surface area contributed by atoms with Crippen molar-refractivity contribution in [2.24, 2.45) is 0 Å². The number of methoxy groups -OCH3 is 1. The average Bonchev–Trinajstić information content (AvgIpc) is 2.95. The van der Waals surface area contributed by atoms with Crippen LogP contribution in [-0.4, -0.2) is 59.6 Å². The highest BCUT2D eigenvalue weighted by molar-refractivity contribution is 7.71. The first-order valence-corrected chi connectivity index (χ1v) is 7.78. The van der Waals surface area contributed by atoms with E-state index in [0.29, 0.717) is 4.77 Å². The number of nitrogens with one attached hydrogen (secondary N) is 1. The van der Waals surface area contributed by atoms with E-state index in [-0.39, 0.29) is 0 Å². The SMILES string of the molecule is COc1ccc(-c2n[nH]c(=S)n2CCN2CCOCC2)cc1. The van der Waals surface area contributed by atoms with Crippen molar-refractivity contribution in [2.75, 3.05) is 40.0 Å². The Labute approximate surface area is 134 Å². The molecule has 0 unspecified atom stereocenters. The number of benzene rings is 1. The van der Waals surface area contributed by atoms with Crippen LogP contribution >= 0.6 is 12.2 Å². The highest BCUT2D eigenvalue weighted by Crippen LogP contribution is 2.20. The molecule has 1 aromatic heterocycles. The van der Waals surface area contributed by atoms with E-state index in [1.807, 2.05) is 28.8 Å². The van der Waals surface area contributed by atoms with Crippen LogP contribution in [0.4, 0.5) is 0 Å². The number of hydrogen-bond acceptors (Lipinski definition) is 5. The highest BCUT2D eigenvalue weighted by atomic mass is 32.1. The normalized spacial score (nSPS) is 15.9. The zero-order chi connectivity index (χ0) is 15.4. The molecule has 3 rings (SSSR count). The maximum atomic E-state index is 5.38. The molecule has 0 radical (unpaired) electrons. The van der Waals surface area contributed by atoms with Crippen LogP contribution < -0.4 is 4.74 Å². The number of rotatable bonds is 5. The molecule has 0 amide bonds. The average molecular weight is 320 g/mol. The smallest absolute Gasteiger partial charge is 0.195 e. The fraction of sp³-hybridized carbons (Fsp3) is 0.467. The molecule has 0 saturated carbocycles. The van der Waals surface area contributed by atoms with E-state index in [1.54, 1.807) is 7.11 Å². The van der Waals surface area contributed by atoms with Crippen molar-refractivity contribution in [1.29, 1.82) is 0 Å².